The SMILES string of the molecule is CCN(Cc1ccc(C#N)cc1F)C(=O)C1CC(c2cccc(F)c2)=NO1. The number of amides is 1. The molecule has 27 heavy (non-hydrogen) atoms. The molecule has 1 aliphatic rings. The van der Waals surface area contributed by atoms with Gasteiger partial charge in [-0.3, -0.25) is 4.79 Å². The summed E-state index contributed by atoms with van der Waals surface area (Å²) in [4.78, 5) is 19.4. The van der Waals surface area contributed by atoms with Crippen molar-refractivity contribution in [1.29, 1.82) is 5.26 Å². The topological polar surface area (TPSA) is 65.7 Å². The van der Waals surface area contributed by atoms with Crippen LogP contribution >= 0.6 is 0 Å². The Labute approximate surface area is 155 Å². The number of halogens is 2. The van der Waals surface area contributed by atoms with E-state index in [1.807, 2.05) is 6.07 Å². The van der Waals surface area contributed by atoms with E-state index in [0.717, 1.165) is 6.07 Å². The number of nitriles is 1. The van der Waals surface area contributed by atoms with Gasteiger partial charge in [-0.2, -0.15) is 5.26 Å². The first-order chi connectivity index (χ1) is 13.0. The van der Waals surface area contributed by atoms with Gasteiger partial charge >= 0.3 is 0 Å². The summed E-state index contributed by atoms with van der Waals surface area (Å²) in [5.41, 5.74) is 1.59. The molecule has 0 N–H and O–H groups in total. The summed E-state index contributed by atoms with van der Waals surface area (Å²) in [6.45, 7) is 2.19. The lowest BCUT2D eigenvalue weighted by Gasteiger charge is -2.23. The summed E-state index contributed by atoms with van der Waals surface area (Å²) in [7, 11) is 0. The van der Waals surface area contributed by atoms with Gasteiger partial charge in [0, 0.05) is 30.6 Å². The summed E-state index contributed by atoms with van der Waals surface area (Å²) < 4.78 is 27.5. The first-order valence-corrected chi connectivity index (χ1v) is 8.47. The Kier molecular flexibility index (Phi) is 5.46. The minimum atomic E-state index is -0.829. The summed E-state index contributed by atoms with van der Waals surface area (Å²) in [5, 5.41) is 12.7. The van der Waals surface area contributed by atoms with Crippen molar-refractivity contribution < 1.29 is 18.4 Å². The maximum absolute atomic E-state index is 14.1. The highest BCUT2D eigenvalue weighted by Gasteiger charge is 2.32. The van der Waals surface area contributed by atoms with Crippen molar-refractivity contribution in [2.75, 3.05) is 6.54 Å². The molecular weight excluding hydrogens is 352 g/mol. The average Bonchev–Trinajstić information content (AvgIpc) is 3.16. The summed E-state index contributed by atoms with van der Waals surface area (Å²) >= 11 is 0. The Morgan fingerprint density at radius 2 is 2.15 bits per heavy atom. The van der Waals surface area contributed by atoms with E-state index >= 15 is 0 Å². The van der Waals surface area contributed by atoms with Crippen LogP contribution in [0.4, 0.5) is 8.78 Å². The van der Waals surface area contributed by atoms with Gasteiger partial charge in [-0.1, -0.05) is 23.4 Å². The van der Waals surface area contributed by atoms with E-state index in [1.54, 1.807) is 19.1 Å². The molecule has 1 unspecified atom stereocenters. The Hall–Kier alpha value is -3.27. The standard InChI is InChI=1S/C20H17F2N3O2/c1-2-25(12-15-7-6-13(11-23)8-17(15)22)20(26)19-10-18(24-27-19)14-4-3-5-16(21)9-14/h3-9,19H,2,10,12H2,1H3. The van der Waals surface area contributed by atoms with Crippen LogP contribution in [0.15, 0.2) is 47.6 Å². The van der Waals surface area contributed by atoms with Gasteiger partial charge in [0.15, 0.2) is 0 Å². The molecule has 7 heteroatoms. The van der Waals surface area contributed by atoms with Crippen LogP contribution in [-0.2, 0) is 16.2 Å². The molecule has 0 fully saturated rings. The maximum atomic E-state index is 14.1. The zero-order chi connectivity index (χ0) is 19.4. The van der Waals surface area contributed by atoms with Crippen molar-refractivity contribution in [3.8, 4) is 6.07 Å². The van der Waals surface area contributed by atoms with Crippen LogP contribution in [0.5, 0.6) is 0 Å². The summed E-state index contributed by atoms with van der Waals surface area (Å²) in [6.07, 6.45) is -0.612. The fourth-order valence-electron chi connectivity index (χ4n) is 2.85. The van der Waals surface area contributed by atoms with E-state index in [-0.39, 0.29) is 24.4 Å². The molecule has 1 atom stereocenters. The number of oxime groups is 1. The monoisotopic (exact) mass is 369 g/mol. The zero-order valence-electron chi connectivity index (χ0n) is 14.7. The first kappa shape index (κ1) is 18.5. The van der Waals surface area contributed by atoms with Gasteiger partial charge in [0.2, 0.25) is 6.10 Å². The van der Waals surface area contributed by atoms with E-state index in [9.17, 15) is 13.6 Å². The van der Waals surface area contributed by atoms with Gasteiger partial charge in [-0.25, -0.2) is 8.78 Å². The molecule has 0 aromatic heterocycles. The van der Waals surface area contributed by atoms with E-state index in [1.165, 1.54) is 29.2 Å². The van der Waals surface area contributed by atoms with Crippen molar-refractivity contribution >= 4 is 11.6 Å². The third-order valence-electron chi connectivity index (χ3n) is 4.34. The van der Waals surface area contributed by atoms with E-state index < -0.39 is 17.7 Å². The number of carbonyl (C=O) groups excluding carboxylic acids is 1. The maximum Gasteiger partial charge on any atom is 0.267 e. The lowest BCUT2D eigenvalue weighted by atomic mass is 10.0. The minimum absolute atomic E-state index is 0.0576. The minimum Gasteiger partial charge on any atom is -0.382 e. The molecule has 0 aliphatic carbocycles. The molecule has 2 aromatic carbocycles. The van der Waals surface area contributed by atoms with Crippen LogP contribution in [0.1, 0.15) is 30.0 Å². The molecule has 5 nitrogen and oxygen atoms in total. The quantitative estimate of drug-likeness (QED) is 0.812. The van der Waals surface area contributed by atoms with Gasteiger partial charge in [0.05, 0.1) is 17.3 Å². The molecule has 0 saturated carbocycles. The normalized spacial score (nSPS) is 15.6. The molecule has 0 bridgehead atoms. The van der Waals surface area contributed by atoms with Gasteiger partial charge in [-0.05, 0) is 31.2 Å². The molecule has 0 saturated heterocycles. The fourth-order valence-corrected chi connectivity index (χ4v) is 2.85. The third kappa shape index (κ3) is 4.11. The smallest absolute Gasteiger partial charge is 0.267 e. The number of nitrogens with zero attached hydrogens (tertiary/aromatic N) is 3. The van der Waals surface area contributed by atoms with Gasteiger partial charge in [-0.15, -0.1) is 0 Å². The highest BCUT2D eigenvalue weighted by molar-refractivity contribution is 6.04. The largest absolute Gasteiger partial charge is 0.382 e. The lowest BCUT2D eigenvalue weighted by Crippen LogP contribution is -2.39. The predicted octanol–water partition coefficient (Wildman–Crippen LogP) is 3.38. The first-order valence-electron chi connectivity index (χ1n) is 8.47. The molecule has 1 aliphatic heterocycles. The van der Waals surface area contributed by atoms with Gasteiger partial charge in [0.1, 0.15) is 11.6 Å². The third-order valence-corrected chi connectivity index (χ3v) is 4.34. The molecular formula is C20H17F2N3O2. The second kappa shape index (κ2) is 7.96. The van der Waals surface area contributed by atoms with Crippen molar-refractivity contribution in [2.45, 2.75) is 26.0 Å². The van der Waals surface area contributed by atoms with E-state index in [0.29, 0.717) is 23.4 Å². The van der Waals surface area contributed by atoms with Crippen molar-refractivity contribution in [2.24, 2.45) is 5.16 Å². The second-order valence-corrected chi connectivity index (χ2v) is 6.12. The Bertz CT molecular complexity index is 937. The van der Waals surface area contributed by atoms with Gasteiger partial charge in [0.25, 0.3) is 5.91 Å². The second-order valence-electron chi connectivity index (χ2n) is 6.12. The van der Waals surface area contributed by atoms with Gasteiger partial charge < -0.3 is 9.74 Å². The van der Waals surface area contributed by atoms with Crippen molar-refractivity contribution in [3.05, 3.63) is 70.8 Å². The van der Waals surface area contributed by atoms with E-state index in [4.69, 9.17) is 10.1 Å². The van der Waals surface area contributed by atoms with Crippen LogP contribution < -0.4 is 0 Å². The molecule has 1 amide bonds. The molecule has 1 heterocycles. The summed E-state index contributed by atoms with van der Waals surface area (Å²) in [5.74, 6) is -1.25. The number of carbonyl (C=O) groups is 1. The van der Waals surface area contributed by atoms with Crippen molar-refractivity contribution in [1.82, 2.24) is 4.90 Å². The van der Waals surface area contributed by atoms with Crippen LogP contribution in [0.2, 0.25) is 0 Å². The lowest BCUT2D eigenvalue weighted by molar-refractivity contribution is -0.142. The highest BCUT2D eigenvalue weighted by atomic mass is 19.1. The average molecular weight is 369 g/mol. The van der Waals surface area contributed by atoms with Crippen LogP contribution in [-0.4, -0.2) is 29.2 Å². The Morgan fingerprint density at radius 3 is 2.81 bits per heavy atom. The predicted molar refractivity (Wildman–Crippen MR) is 94.6 cm³/mol. The Balaban J connectivity index is 1.69. The van der Waals surface area contributed by atoms with Crippen LogP contribution in [0.25, 0.3) is 0 Å². The fraction of sp³-hybridized carbons (Fsp3) is 0.250. The number of hydrogen-bond acceptors (Lipinski definition) is 4. The van der Waals surface area contributed by atoms with Crippen molar-refractivity contribution in [3.63, 3.8) is 0 Å². The molecule has 0 radical (unpaired) electrons. The number of benzene rings is 2. The molecule has 3 rings (SSSR count). The molecule has 2 aromatic rings. The highest BCUT2D eigenvalue weighted by Crippen LogP contribution is 2.21. The Morgan fingerprint density at radius 1 is 1.33 bits per heavy atom. The van der Waals surface area contributed by atoms with Crippen LogP contribution in [0, 0.1) is 23.0 Å². The zero-order valence-corrected chi connectivity index (χ0v) is 14.7. The number of likely N-dealkylation sites (N-methyl/N-ethyl adjacent to an activating group) is 1. The number of rotatable bonds is 5. The van der Waals surface area contributed by atoms with E-state index in [2.05, 4.69) is 5.16 Å². The molecule has 138 valence electrons. The molecule has 0 spiro atoms. The number of hydrogen-bond donors (Lipinski definition) is 0. The van der Waals surface area contributed by atoms with Crippen LogP contribution in [0.3, 0.4) is 0 Å². The summed E-state index contributed by atoms with van der Waals surface area (Å²) in [6, 6.07) is 11.9.